The van der Waals surface area contributed by atoms with Gasteiger partial charge in [-0.3, -0.25) is 0 Å². The fraction of sp³-hybridized carbons (Fsp3) is 0.571. The van der Waals surface area contributed by atoms with E-state index in [1.165, 1.54) is 6.07 Å². The summed E-state index contributed by atoms with van der Waals surface area (Å²) >= 11 is 6.09. The van der Waals surface area contributed by atoms with Gasteiger partial charge in [0.05, 0.1) is 4.90 Å². The Morgan fingerprint density at radius 1 is 1.25 bits per heavy atom. The van der Waals surface area contributed by atoms with Crippen molar-refractivity contribution >= 4 is 21.6 Å². The number of benzene rings is 1. The summed E-state index contributed by atoms with van der Waals surface area (Å²) in [6.45, 7) is 7.25. The lowest BCUT2D eigenvalue weighted by Gasteiger charge is -2.18. The molecule has 20 heavy (non-hydrogen) atoms. The Balaban J connectivity index is 2.80. The van der Waals surface area contributed by atoms with Gasteiger partial charge in [0, 0.05) is 18.1 Å². The third kappa shape index (κ3) is 5.40. The van der Waals surface area contributed by atoms with Crippen molar-refractivity contribution < 1.29 is 8.42 Å². The van der Waals surface area contributed by atoms with Crippen LogP contribution in [0.2, 0.25) is 5.02 Å². The molecule has 0 bridgehead atoms. The summed E-state index contributed by atoms with van der Waals surface area (Å²) in [5.41, 5.74) is 0.972. The molecule has 4 nitrogen and oxygen atoms in total. The molecular formula is C14H23ClN2O2S. The van der Waals surface area contributed by atoms with Crippen LogP contribution in [0.25, 0.3) is 0 Å². The number of hydrogen-bond donors (Lipinski definition) is 2. The van der Waals surface area contributed by atoms with E-state index in [-0.39, 0.29) is 10.3 Å². The molecule has 1 aromatic rings. The van der Waals surface area contributed by atoms with Crippen LogP contribution in [0.15, 0.2) is 23.1 Å². The first kappa shape index (κ1) is 17.4. The zero-order valence-electron chi connectivity index (χ0n) is 12.5. The molecule has 1 aromatic carbocycles. The lowest BCUT2D eigenvalue weighted by atomic mass is 9.93. The fourth-order valence-electron chi connectivity index (χ4n) is 1.67. The van der Waals surface area contributed by atoms with Gasteiger partial charge < -0.3 is 5.32 Å². The van der Waals surface area contributed by atoms with Crippen LogP contribution in [0, 0.1) is 5.41 Å². The average Bonchev–Trinajstić information content (AvgIpc) is 2.29. The van der Waals surface area contributed by atoms with E-state index in [2.05, 4.69) is 30.8 Å². The molecule has 6 heteroatoms. The minimum absolute atomic E-state index is 0.0941. The highest BCUT2D eigenvalue weighted by Crippen LogP contribution is 2.21. The molecule has 0 fully saturated rings. The summed E-state index contributed by atoms with van der Waals surface area (Å²) < 4.78 is 26.9. The molecule has 0 radical (unpaired) electrons. The molecule has 0 aromatic heterocycles. The van der Waals surface area contributed by atoms with Crippen molar-refractivity contribution in [1.82, 2.24) is 10.0 Å². The average molecular weight is 319 g/mol. The van der Waals surface area contributed by atoms with E-state index in [4.69, 9.17) is 11.6 Å². The van der Waals surface area contributed by atoms with Crippen LogP contribution in [0.4, 0.5) is 0 Å². The van der Waals surface area contributed by atoms with Gasteiger partial charge in [0.1, 0.15) is 0 Å². The minimum Gasteiger partial charge on any atom is -0.316 e. The van der Waals surface area contributed by atoms with Gasteiger partial charge in [-0.1, -0.05) is 38.4 Å². The second-order valence-corrected chi connectivity index (χ2v) is 8.17. The van der Waals surface area contributed by atoms with E-state index in [9.17, 15) is 8.42 Å². The summed E-state index contributed by atoms with van der Waals surface area (Å²) in [7, 11) is -1.68. The lowest BCUT2D eigenvalue weighted by Crippen LogP contribution is -2.27. The molecule has 0 amide bonds. The molecule has 1 rings (SSSR count). The predicted octanol–water partition coefficient (Wildman–Crippen LogP) is 2.77. The van der Waals surface area contributed by atoms with Gasteiger partial charge in [0.15, 0.2) is 0 Å². The van der Waals surface area contributed by atoms with Crippen LogP contribution in [0.3, 0.4) is 0 Å². The van der Waals surface area contributed by atoms with Gasteiger partial charge in [0.25, 0.3) is 0 Å². The number of rotatable bonds is 6. The summed E-state index contributed by atoms with van der Waals surface area (Å²) in [6.07, 6.45) is 0.776. The van der Waals surface area contributed by atoms with Crippen molar-refractivity contribution in [3.05, 3.63) is 28.8 Å². The molecule has 0 aliphatic heterocycles. The van der Waals surface area contributed by atoms with Gasteiger partial charge in [0.2, 0.25) is 10.0 Å². The van der Waals surface area contributed by atoms with E-state index >= 15 is 0 Å². The molecule has 0 aliphatic rings. The Kier molecular flexibility index (Phi) is 6.01. The van der Waals surface area contributed by atoms with Crippen LogP contribution < -0.4 is 10.0 Å². The Morgan fingerprint density at radius 3 is 2.40 bits per heavy atom. The third-order valence-electron chi connectivity index (χ3n) is 2.87. The second kappa shape index (κ2) is 6.89. The Bertz CT molecular complexity index is 551. The van der Waals surface area contributed by atoms with Crippen LogP contribution in [0.5, 0.6) is 0 Å². The summed E-state index contributed by atoms with van der Waals surface area (Å²) in [5.74, 6) is 0. The normalized spacial score (nSPS) is 12.7. The monoisotopic (exact) mass is 318 g/mol. The fourth-order valence-corrected chi connectivity index (χ4v) is 3.04. The quantitative estimate of drug-likeness (QED) is 0.848. The molecule has 0 atom stereocenters. The van der Waals surface area contributed by atoms with Crippen LogP contribution >= 0.6 is 11.6 Å². The molecule has 0 spiro atoms. The molecular weight excluding hydrogens is 296 g/mol. The molecule has 0 saturated heterocycles. The zero-order valence-corrected chi connectivity index (χ0v) is 14.0. The van der Waals surface area contributed by atoms with Gasteiger partial charge in [-0.05, 0) is 36.6 Å². The SMILES string of the molecule is CNCc1ccc(S(=O)(=O)NCCC(C)(C)C)cc1Cl. The Labute approximate surface area is 127 Å². The lowest BCUT2D eigenvalue weighted by molar-refractivity contribution is 0.378. The number of hydrogen-bond acceptors (Lipinski definition) is 3. The number of nitrogens with one attached hydrogen (secondary N) is 2. The Hall–Kier alpha value is -0.620. The van der Waals surface area contributed by atoms with Crippen LogP contribution in [0.1, 0.15) is 32.8 Å². The standard InChI is InChI=1S/C14H23ClN2O2S/c1-14(2,3)7-8-17-20(18,19)12-6-5-11(10-16-4)13(15)9-12/h5-6,9,16-17H,7-8,10H2,1-4H3. The van der Waals surface area contributed by atoms with Gasteiger partial charge in [-0.15, -0.1) is 0 Å². The van der Waals surface area contributed by atoms with E-state index in [1.54, 1.807) is 12.1 Å². The number of sulfonamides is 1. The summed E-state index contributed by atoms with van der Waals surface area (Å²) in [6, 6.07) is 4.81. The first-order chi connectivity index (χ1) is 9.15. The smallest absolute Gasteiger partial charge is 0.240 e. The van der Waals surface area contributed by atoms with Crippen molar-refractivity contribution in [2.24, 2.45) is 5.41 Å². The van der Waals surface area contributed by atoms with E-state index in [0.29, 0.717) is 18.1 Å². The maximum absolute atomic E-state index is 12.2. The van der Waals surface area contributed by atoms with Gasteiger partial charge in [-0.25, -0.2) is 13.1 Å². The highest BCUT2D eigenvalue weighted by Gasteiger charge is 2.17. The molecule has 2 N–H and O–H groups in total. The highest BCUT2D eigenvalue weighted by atomic mass is 35.5. The molecule has 0 unspecified atom stereocenters. The topological polar surface area (TPSA) is 58.2 Å². The largest absolute Gasteiger partial charge is 0.316 e. The van der Waals surface area contributed by atoms with Crippen molar-refractivity contribution in [1.29, 1.82) is 0 Å². The maximum atomic E-state index is 12.2. The highest BCUT2D eigenvalue weighted by molar-refractivity contribution is 7.89. The Morgan fingerprint density at radius 2 is 1.90 bits per heavy atom. The maximum Gasteiger partial charge on any atom is 0.240 e. The van der Waals surface area contributed by atoms with Crippen molar-refractivity contribution in [3.63, 3.8) is 0 Å². The molecule has 0 aliphatic carbocycles. The van der Waals surface area contributed by atoms with E-state index in [0.717, 1.165) is 12.0 Å². The number of halogens is 1. The van der Waals surface area contributed by atoms with Crippen LogP contribution in [-0.2, 0) is 16.6 Å². The third-order valence-corrected chi connectivity index (χ3v) is 4.68. The predicted molar refractivity (Wildman–Crippen MR) is 83.5 cm³/mol. The first-order valence-corrected chi connectivity index (χ1v) is 8.44. The molecule has 114 valence electrons. The van der Waals surface area contributed by atoms with E-state index < -0.39 is 10.0 Å². The molecule has 0 saturated carbocycles. The first-order valence-electron chi connectivity index (χ1n) is 6.58. The van der Waals surface area contributed by atoms with Gasteiger partial charge >= 0.3 is 0 Å². The van der Waals surface area contributed by atoms with Crippen molar-refractivity contribution in [3.8, 4) is 0 Å². The van der Waals surface area contributed by atoms with Crippen molar-refractivity contribution in [2.45, 2.75) is 38.6 Å². The zero-order chi connectivity index (χ0) is 15.4. The minimum atomic E-state index is -3.49. The second-order valence-electron chi connectivity index (χ2n) is 5.99. The summed E-state index contributed by atoms with van der Waals surface area (Å²) in [4.78, 5) is 0.205. The van der Waals surface area contributed by atoms with Gasteiger partial charge in [-0.2, -0.15) is 0 Å². The summed E-state index contributed by atoms with van der Waals surface area (Å²) in [5, 5.41) is 3.44. The van der Waals surface area contributed by atoms with Crippen LogP contribution in [-0.4, -0.2) is 22.0 Å². The van der Waals surface area contributed by atoms with E-state index in [1.807, 2.05) is 7.05 Å². The molecule has 0 heterocycles. The van der Waals surface area contributed by atoms with Crippen molar-refractivity contribution in [2.75, 3.05) is 13.6 Å².